The van der Waals surface area contributed by atoms with Gasteiger partial charge in [0, 0.05) is 11.8 Å². The van der Waals surface area contributed by atoms with Crippen molar-refractivity contribution in [2.45, 2.75) is 89.7 Å². The normalized spacial score (nSPS) is 24.3. The molecule has 156 valence electrons. The molecule has 3 N–H and O–H groups in total. The summed E-state index contributed by atoms with van der Waals surface area (Å²) in [6, 6.07) is 0. The van der Waals surface area contributed by atoms with Crippen molar-refractivity contribution in [1.29, 1.82) is 0 Å². The lowest BCUT2D eigenvalue weighted by Gasteiger charge is -2.23. The average molecular weight is 401 g/mol. The largest absolute Gasteiger partial charge is 0.477 e. The van der Waals surface area contributed by atoms with Gasteiger partial charge in [-0.1, -0.05) is 57.9 Å². The Morgan fingerprint density at radius 1 is 1.15 bits per heavy atom. The van der Waals surface area contributed by atoms with Crippen LogP contribution in [0.25, 0.3) is 0 Å². The van der Waals surface area contributed by atoms with E-state index in [0.29, 0.717) is 23.7 Å². The van der Waals surface area contributed by atoms with E-state index in [-0.39, 0.29) is 11.8 Å². The zero-order chi connectivity index (χ0) is 20.5. The SMILES string of the molecule is CCCCC(C)(C)C/C=C/[C@@H]1[C@@H](C/C=C\CCC(O)(O)C(=O)O)CC[C@@H]1Cl. The van der Waals surface area contributed by atoms with Crippen LogP contribution in [0, 0.1) is 17.3 Å². The summed E-state index contributed by atoms with van der Waals surface area (Å²) in [5, 5.41) is 27.4. The van der Waals surface area contributed by atoms with Gasteiger partial charge in [0.2, 0.25) is 0 Å². The molecule has 0 bridgehead atoms. The second-order valence-electron chi connectivity index (χ2n) is 8.70. The van der Waals surface area contributed by atoms with E-state index in [0.717, 1.165) is 25.7 Å². The summed E-state index contributed by atoms with van der Waals surface area (Å²) in [4.78, 5) is 10.7. The summed E-state index contributed by atoms with van der Waals surface area (Å²) in [6.07, 6.45) is 16.4. The maximum absolute atomic E-state index is 10.7. The van der Waals surface area contributed by atoms with Crippen LogP contribution in [-0.2, 0) is 4.79 Å². The molecule has 0 aromatic heterocycles. The fourth-order valence-corrected chi connectivity index (χ4v) is 4.10. The smallest absolute Gasteiger partial charge is 0.364 e. The molecule has 1 rings (SSSR count). The van der Waals surface area contributed by atoms with Crippen molar-refractivity contribution < 1.29 is 20.1 Å². The lowest BCUT2D eigenvalue weighted by atomic mass is 9.83. The van der Waals surface area contributed by atoms with Crippen LogP contribution in [0.4, 0.5) is 0 Å². The maximum atomic E-state index is 10.7. The van der Waals surface area contributed by atoms with Gasteiger partial charge in [-0.3, -0.25) is 0 Å². The van der Waals surface area contributed by atoms with Gasteiger partial charge in [-0.15, -0.1) is 11.6 Å². The van der Waals surface area contributed by atoms with Crippen LogP contribution in [0.5, 0.6) is 0 Å². The summed E-state index contributed by atoms with van der Waals surface area (Å²) in [5.41, 5.74) is 0.327. The molecular formula is C22H37ClO4. The van der Waals surface area contributed by atoms with Gasteiger partial charge in [-0.25, -0.2) is 4.79 Å². The monoisotopic (exact) mass is 400 g/mol. The molecule has 27 heavy (non-hydrogen) atoms. The number of hydrogen-bond donors (Lipinski definition) is 3. The Bertz CT molecular complexity index is 510. The zero-order valence-electron chi connectivity index (χ0n) is 17.0. The maximum Gasteiger partial charge on any atom is 0.364 e. The lowest BCUT2D eigenvalue weighted by Crippen LogP contribution is -2.37. The molecule has 1 aliphatic carbocycles. The van der Waals surface area contributed by atoms with Crippen LogP contribution in [-0.4, -0.2) is 32.5 Å². The first-order chi connectivity index (χ1) is 12.6. The number of carbonyl (C=O) groups is 1. The quantitative estimate of drug-likeness (QED) is 0.237. The molecule has 0 aromatic carbocycles. The van der Waals surface area contributed by atoms with E-state index in [1.165, 1.54) is 19.3 Å². The van der Waals surface area contributed by atoms with Gasteiger partial charge in [-0.05, 0) is 55.8 Å². The van der Waals surface area contributed by atoms with E-state index in [1.54, 1.807) is 0 Å². The molecule has 0 radical (unpaired) electrons. The molecule has 0 amide bonds. The number of halogens is 1. The van der Waals surface area contributed by atoms with Gasteiger partial charge in [0.05, 0.1) is 0 Å². The Morgan fingerprint density at radius 3 is 2.48 bits per heavy atom. The molecular weight excluding hydrogens is 364 g/mol. The lowest BCUT2D eigenvalue weighted by molar-refractivity contribution is -0.205. The van der Waals surface area contributed by atoms with Gasteiger partial charge < -0.3 is 15.3 Å². The first-order valence-corrected chi connectivity index (χ1v) is 10.7. The van der Waals surface area contributed by atoms with E-state index in [2.05, 4.69) is 32.9 Å². The highest BCUT2D eigenvalue weighted by atomic mass is 35.5. The van der Waals surface area contributed by atoms with Gasteiger partial charge in [0.15, 0.2) is 0 Å². The van der Waals surface area contributed by atoms with Crippen molar-refractivity contribution in [3.8, 4) is 0 Å². The minimum absolute atomic E-state index is 0.174. The third-order valence-corrected chi connectivity index (χ3v) is 6.13. The molecule has 4 nitrogen and oxygen atoms in total. The molecule has 1 saturated carbocycles. The van der Waals surface area contributed by atoms with E-state index in [1.807, 2.05) is 12.2 Å². The van der Waals surface area contributed by atoms with Crippen molar-refractivity contribution >= 4 is 17.6 Å². The van der Waals surface area contributed by atoms with E-state index < -0.39 is 11.8 Å². The Labute approximate surface area is 169 Å². The van der Waals surface area contributed by atoms with Crippen LogP contribution in [0.2, 0.25) is 0 Å². The molecule has 0 aromatic rings. The minimum atomic E-state index is -2.64. The van der Waals surface area contributed by atoms with Crippen LogP contribution in [0.1, 0.15) is 78.6 Å². The van der Waals surface area contributed by atoms with E-state index in [4.69, 9.17) is 16.7 Å². The first kappa shape index (κ1) is 24.2. The number of carboxylic acid groups (broad SMARTS) is 1. The summed E-state index contributed by atoms with van der Waals surface area (Å²) in [5.74, 6) is -3.39. The Balaban J connectivity index is 2.47. The molecule has 1 fully saturated rings. The van der Waals surface area contributed by atoms with Crippen molar-refractivity contribution in [1.82, 2.24) is 0 Å². The molecule has 0 aliphatic heterocycles. The molecule has 0 spiro atoms. The van der Waals surface area contributed by atoms with Crippen LogP contribution in [0.15, 0.2) is 24.3 Å². The molecule has 3 atom stereocenters. The minimum Gasteiger partial charge on any atom is -0.477 e. The fourth-order valence-electron chi connectivity index (χ4n) is 3.69. The Morgan fingerprint density at radius 2 is 1.85 bits per heavy atom. The summed E-state index contributed by atoms with van der Waals surface area (Å²) in [6.45, 7) is 6.86. The van der Waals surface area contributed by atoms with Gasteiger partial charge in [-0.2, -0.15) is 0 Å². The number of unbranched alkanes of at least 4 members (excludes halogenated alkanes) is 1. The number of allylic oxidation sites excluding steroid dienone is 4. The summed E-state index contributed by atoms with van der Waals surface area (Å²) in [7, 11) is 0. The molecule has 5 heteroatoms. The number of rotatable bonds is 12. The first-order valence-electron chi connectivity index (χ1n) is 10.2. The summed E-state index contributed by atoms with van der Waals surface area (Å²) >= 11 is 6.53. The number of carboxylic acids is 1. The molecule has 0 heterocycles. The highest BCUT2D eigenvalue weighted by Crippen LogP contribution is 2.39. The van der Waals surface area contributed by atoms with Gasteiger partial charge in [0.25, 0.3) is 5.79 Å². The fraction of sp³-hybridized carbons (Fsp3) is 0.773. The third-order valence-electron chi connectivity index (χ3n) is 5.62. The molecule has 1 aliphatic rings. The predicted molar refractivity (Wildman–Crippen MR) is 111 cm³/mol. The van der Waals surface area contributed by atoms with Crippen molar-refractivity contribution in [3.05, 3.63) is 24.3 Å². The summed E-state index contributed by atoms with van der Waals surface area (Å²) < 4.78 is 0. The standard InChI is InChI=1S/C22H37ClO4/c1-4-5-14-21(2,3)15-9-11-18-17(12-13-19(18)23)10-7-6-8-16-22(26,27)20(24)25/h6-7,9,11,17-19,26-27H,4-5,8,10,12-16H2,1-3H3,(H,24,25)/b7-6-,11-9+/t17-,18+,19-/m0/s1. The molecule has 0 unspecified atom stereocenters. The second kappa shape index (κ2) is 11.2. The second-order valence-corrected chi connectivity index (χ2v) is 9.26. The van der Waals surface area contributed by atoms with Crippen LogP contribution in [0.3, 0.4) is 0 Å². The highest BCUT2D eigenvalue weighted by molar-refractivity contribution is 6.21. The highest BCUT2D eigenvalue weighted by Gasteiger charge is 2.33. The Kier molecular flexibility index (Phi) is 10.1. The Hall–Kier alpha value is -0.840. The van der Waals surface area contributed by atoms with Crippen molar-refractivity contribution in [2.75, 3.05) is 0 Å². The number of aliphatic carboxylic acids is 1. The van der Waals surface area contributed by atoms with Crippen molar-refractivity contribution in [2.24, 2.45) is 17.3 Å². The third kappa shape index (κ3) is 8.80. The van der Waals surface area contributed by atoms with Crippen LogP contribution >= 0.6 is 11.6 Å². The predicted octanol–water partition coefficient (Wildman–Crippen LogP) is 5.27. The number of aliphatic hydroxyl groups is 2. The zero-order valence-corrected chi connectivity index (χ0v) is 17.8. The van der Waals surface area contributed by atoms with Crippen molar-refractivity contribution in [3.63, 3.8) is 0 Å². The van der Waals surface area contributed by atoms with E-state index in [9.17, 15) is 15.0 Å². The average Bonchev–Trinajstić information content (AvgIpc) is 2.93. The molecule has 0 saturated heterocycles. The number of alkyl halides is 1. The topological polar surface area (TPSA) is 77.8 Å². The van der Waals surface area contributed by atoms with Crippen LogP contribution < -0.4 is 0 Å². The van der Waals surface area contributed by atoms with Gasteiger partial charge >= 0.3 is 5.97 Å². The number of hydrogen-bond acceptors (Lipinski definition) is 3. The van der Waals surface area contributed by atoms with E-state index >= 15 is 0 Å². The van der Waals surface area contributed by atoms with Gasteiger partial charge in [0.1, 0.15) is 0 Å².